The second-order valence-corrected chi connectivity index (χ2v) is 3.96. The number of fused-ring (bicyclic) bond motifs is 3. The van der Waals surface area contributed by atoms with Crippen molar-refractivity contribution in [3.63, 3.8) is 0 Å². The molecule has 3 fully saturated rings. The zero-order valence-corrected chi connectivity index (χ0v) is 8.05. The van der Waals surface area contributed by atoms with Crippen LogP contribution in [0, 0.1) is 0 Å². The Morgan fingerprint density at radius 3 is 1.27 bits per heavy atom. The highest BCUT2D eigenvalue weighted by Crippen LogP contribution is 2.24. The summed E-state index contributed by atoms with van der Waals surface area (Å²) in [6.45, 7) is 3.27. The van der Waals surface area contributed by atoms with Crippen molar-refractivity contribution in [1.82, 2.24) is 0 Å². The zero-order chi connectivity index (χ0) is 11.7. The largest absolute Gasteiger partial charge is 0.673 e. The van der Waals surface area contributed by atoms with E-state index in [9.17, 15) is 27.0 Å². The highest BCUT2D eigenvalue weighted by Gasteiger charge is 2.50. The van der Waals surface area contributed by atoms with Gasteiger partial charge in [0.1, 0.15) is 0 Å². The fourth-order valence-electron chi connectivity index (χ4n) is 1.77. The molecule has 0 aromatic carbocycles. The molecular weight excluding hydrogens is 222 g/mol. The topological polar surface area (TPSA) is 20.2 Å². The van der Waals surface area contributed by atoms with Crippen molar-refractivity contribution in [3.05, 3.63) is 0 Å². The second-order valence-electron chi connectivity index (χ2n) is 3.96. The van der Waals surface area contributed by atoms with Crippen LogP contribution in [0.1, 0.15) is 0 Å². The lowest BCUT2D eigenvalue weighted by atomic mass is 10.2. The van der Waals surface area contributed by atoms with Crippen molar-refractivity contribution in [3.8, 4) is 0 Å². The summed E-state index contributed by atoms with van der Waals surface area (Å²) in [5.74, 6) is 0. The highest BCUT2D eigenvalue weighted by atomic mass is 19.5. The Kier molecular flexibility index (Phi) is 3.27. The van der Waals surface area contributed by atoms with Crippen LogP contribution >= 0.6 is 0 Å². The molecule has 90 valence electrons. The summed E-state index contributed by atoms with van der Waals surface area (Å²) in [6.07, 6.45) is 0. The Hall–Kier alpha value is -0.405. The van der Waals surface area contributed by atoms with E-state index >= 15 is 0 Å². The van der Waals surface area contributed by atoms with E-state index in [1.807, 2.05) is 0 Å². The first kappa shape index (κ1) is 12.7. The Balaban J connectivity index is 0.000000195. The molecule has 3 nitrogen and oxygen atoms in total. The first-order valence-electron chi connectivity index (χ1n) is 4.64. The third kappa shape index (κ3) is 4.31. The molecule has 3 aliphatic heterocycles. The van der Waals surface area contributed by atoms with E-state index in [-0.39, 0.29) is 9.35 Å². The maximum absolute atomic E-state index is 13.3. The summed E-state index contributed by atoms with van der Waals surface area (Å²) >= 11 is 0. The van der Waals surface area contributed by atoms with Crippen LogP contribution in [0.4, 0.5) is 21.7 Å². The zero-order valence-electron chi connectivity index (χ0n) is 8.05. The SMILES string of the molecule is F[B-](F)(F)F.O[N+]12CC[N+](F)(CC1)CC2. The summed E-state index contributed by atoms with van der Waals surface area (Å²) in [5.41, 5.74) is 0. The Labute approximate surface area is 83.9 Å². The maximum Gasteiger partial charge on any atom is 0.673 e. The molecule has 3 heterocycles. The molecule has 15 heavy (non-hydrogen) atoms. The molecule has 9 heteroatoms. The molecule has 3 saturated heterocycles. The maximum atomic E-state index is 13.3. The Morgan fingerprint density at radius 1 is 0.800 bits per heavy atom. The molecule has 0 unspecified atom stereocenters. The molecule has 0 aromatic heterocycles. The van der Waals surface area contributed by atoms with Crippen molar-refractivity contribution < 1.29 is 36.3 Å². The van der Waals surface area contributed by atoms with E-state index in [4.69, 9.17) is 0 Å². The fourth-order valence-corrected chi connectivity index (χ4v) is 1.77. The summed E-state index contributed by atoms with van der Waals surface area (Å²) in [5, 5.41) is 9.59. The number of hydrogen-bond acceptors (Lipinski definition) is 1. The van der Waals surface area contributed by atoms with Crippen LogP contribution in [0.2, 0.25) is 0 Å². The molecule has 0 aromatic rings. The van der Waals surface area contributed by atoms with Gasteiger partial charge in [-0.25, -0.2) is 5.21 Å². The molecule has 1 N–H and O–H groups in total. The molecule has 0 saturated carbocycles. The van der Waals surface area contributed by atoms with E-state index in [2.05, 4.69) is 0 Å². The number of quaternary nitrogens is 2. The first-order chi connectivity index (χ1) is 6.62. The lowest BCUT2D eigenvalue weighted by Gasteiger charge is -2.44. The normalized spacial score (nSPS) is 39.6. The number of nitrogens with zero attached hydrogens (tertiary/aromatic N) is 2. The van der Waals surface area contributed by atoms with E-state index in [1.54, 1.807) is 0 Å². The minimum Gasteiger partial charge on any atom is -0.418 e. The van der Waals surface area contributed by atoms with Gasteiger partial charge in [-0.05, 0) is 4.48 Å². The van der Waals surface area contributed by atoms with E-state index in [0.717, 1.165) is 0 Å². The first-order valence-corrected chi connectivity index (χ1v) is 4.64. The van der Waals surface area contributed by atoms with Crippen LogP contribution in [0.5, 0.6) is 0 Å². The minimum absolute atomic E-state index is 0.115. The van der Waals surface area contributed by atoms with Crippen LogP contribution in [0.3, 0.4) is 0 Å². The molecule has 3 aliphatic rings. The number of piperazine rings is 3. The summed E-state index contributed by atoms with van der Waals surface area (Å²) in [4.78, 5) is 0. The molecular formula is C6H13BF5N2O+. The monoisotopic (exact) mass is 235 g/mol. The minimum atomic E-state index is -6.00. The molecule has 0 atom stereocenters. The van der Waals surface area contributed by atoms with Crippen LogP contribution < -0.4 is 0 Å². The lowest BCUT2D eigenvalue weighted by Crippen LogP contribution is -2.70. The van der Waals surface area contributed by atoms with Gasteiger partial charge < -0.3 is 17.3 Å². The van der Waals surface area contributed by atoms with Gasteiger partial charge >= 0.3 is 7.25 Å². The molecule has 2 bridgehead atoms. The lowest BCUT2D eigenvalue weighted by molar-refractivity contribution is -1.21. The quantitative estimate of drug-likeness (QED) is 0.289. The van der Waals surface area contributed by atoms with Gasteiger partial charge in [-0.3, -0.25) is 0 Å². The van der Waals surface area contributed by atoms with Crippen LogP contribution in [-0.2, 0) is 0 Å². The summed E-state index contributed by atoms with van der Waals surface area (Å²) in [6, 6.07) is 0. The predicted octanol–water partition coefficient (Wildman–Crippen LogP) is 1.22. The average Bonchev–Trinajstić information content (AvgIpc) is 2.05. The Morgan fingerprint density at radius 2 is 1.07 bits per heavy atom. The van der Waals surface area contributed by atoms with Gasteiger partial charge in [0, 0.05) is 0 Å². The van der Waals surface area contributed by atoms with Crippen molar-refractivity contribution >= 4 is 7.25 Å². The third-order valence-corrected chi connectivity index (χ3v) is 2.75. The predicted molar refractivity (Wildman–Crippen MR) is 42.8 cm³/mol. The van der Waals surface area contributed by atoms with Gasteiger partial charge in [0.05, 0.1) is 0 Å². The number of hydrogen-bond donors (Lipinski definition) is 1. The van der Waals surface area contributed by atoms with Crippen LogP contribution in [0.15, 0.2) is 0 Å². The van der Waals surface area contributed by atoms with E-state index < -0.39 is 7.25 Å². The smallest absolute Gasteiger partial charge is 0.418 e. The van der Waals surface area contributed by atoms with Gasteiger partial charge in [-0.15, -0.1) is 4.71 Å². The van der Waals surface area contributed by atoms with E-state index in [1.165, 1.54) is 0 Å². The van der Waals surface area contributed by atoms with Gasteiger partial charge in [-0.1, -0.05) is 0 Å². The molecule has 3 rings (SSSR count). The Bertz CT molecular complexity index is 188. The van der Waals surface area contributed by atoms with Gasteiger partial charge in [0.15, 0.2) is 39.3 Å². The molecule has 0 aliphatic carbocycles. The van der Waals surface area contributed by atoms with Gasteiger partial charge in [-0.2, -0.15) is 4.65 Å². The van der Waals surface area contributed by atoms with Gasteiger partial charge in [0.2, 0.25) is 0 Å². The highest BCUT2D eigenvalue weighted by molar-refractivity contribution is 6.50. The van der Waals surface area contributed by atoms with Gasteiger partial charge in [0.25, 0.3) is 0 Å². The van der Waals surface area contributed by atoms with Crippen molar-refractivity contribution in [1.29, 1.82) is 0 Å². The fraction of sp³-hybridized carbons (Fsp3) is 1.00. The van der Waals surface area contributed by atoms with Crippen molar-refractivity contribution in [2.24, 2.45) is 0 Å². The van der Waals surface area contributed by atoms with Crippen molar-refractivity contribution in [2.45, 2.75) is 0 Å². The molecule has 0 radical (unpaired) electrons. The third-order valence-electron chi connectivity index (χ3n) is 2.75. The summed E-state index contributed by atoms with van der Waals surface area (Å²) < 4.78 is 52.1. The molecule has 0 spiro atoms. The van der Waals surface area contributed by atoms with Crippen molar-refractivity contribution in [2.75, 3.05) is 39.3 Å². The van der Waals surface area contributed by atoms with Crippen LogP contribution in [0.25, 0.3) is 0 Å². The number of halogens is 5. The summed E-state index contributed by atoms with van der Waals surface area (Å²) in [7, 11) is -6.00. The average molecular weight is 235 g/mol. The van der Waals surface area contributed by atoms with Crippen LogP contribution in [-0.4, -0.2) is 61.1 Å². The van der Waals surface area contributed by atoms with E-state index in [0.29, 0.717) is 39.3 Å². The standard InChI is InChI=1S/C6H13FN2O.BF4/c7-8-1-4-9(10,5-2-8)6-3-8;2-1(3,4)5/h10H,1-6H2;/q+2;-1. The second kappa shape index (κ2) is 3.87. The molecule has 0 amide bonds. The number of hydroxylamine groups is 3. The number of rotatable bonds is 0.